The first-order valence-corrected chi connectivity index (χ1v) is 18.3. The van der Waals surface area contributed by atoms with Crippen LogP contribution < -0.4 is 4.90 Å². The van der Waals surface area contributed by atoms with Crippen molar-refractivity contribution in [3.8, 4) is 33.4 Å². The third-order valence-corrected chi connectivity index (χ3v) is 10.6. The molecule has 0 unspecified atom stereocenters. The zero-order chi connectivity index (χ0) is 35.1. The van der Waals surface area contributed by atoms with E-state index in [0.717, 1.165) is 17.1 Å². The molecule has 0 aliphatic heterocycles. The van der Waals surface area contributed by atoms with Crippen molar-refractivity contribution in [3.63, 3.8) is 0 Å². The smallest absolute Gasteiger partial charge is 0.0468 e. The Balaban J connectivity index is 1.08. The Kier molecular flexibility index (Phi) is 7.55. The first-order chi connectivity index (χ1) is 26.3. The molecule has 248 valence electrons. The second-order valence-electron chi connectivity index (χ2n) is 13.8. The van der Waals surface area contributed by atoms with Crippen LogP contribution in [0.3, 0.4) is 0 Å². The normalized spacial score (nSPS) is 11.4. The number of fused-ring (bicyclic) bond motifs is 6. The first kappa shape index (κ1) is 30.8. The number of para-hydroxylation sites is 1. The molecule has 0 N–H and O–H groups in total. The highest BCUT2D eigenvalue weighted by atomic mass is 15.1. The molecule has 53 heavy (non-hydrogen) atoms. The van der Waals surface area contributed by atoms with Crippen LogP contribution in [0.2, 0.25) is 0 Å². The highest BCUT2D eigenvalue weighted by Crippen LogP contribution is 2.41. The summed E-state index contributed by atoms with van der Waals surface area (Å²) in [5, 5.41) is 10.1. The lowest BCUT2D eigenvalue weighted by molar-refractivity contribution is 1.29. The number of benzene rings is 10. The molecule has 0 aromatic heterocycles. The van der Waals surface area contributed by atoms with E-state index < -0.39 is 0 Å². The Hall–Kier alpha value is -6.96. The van der Waals surface area contributed by atoms with Crippen molar-refractivity contribution in [2.75, 3.05) is 4.90 Å². The van der Waals surface area contributed by atoms with Gasteiger partial charge in [0.25, 0.3) is 0 Å². The predicted octanol–water partition coefficient (Wildman–Crippen LogP) is 14.8. The van der Waals surface area contributed by atoms with Crippen LogP contribution in [0.4, 0.5) is 17.1 Å². The first-order valence-electron chi connectivity index (χ1n) is 18.3. The highest BCUT2D eigenvalue weighted by molar-refractivity contribution is 6.24. The van der Waals surface area contributed by atoms with Gasteiger partial charge in [-0.15, -0.1) is 0 Å². The summed E-state index contributed by atoms with van der Waals surface area (Å²) in [7, 11) is 0. The highest BCUT2D eigenvalue weighted by Gasteiger charge is 2.15. The van der Waals surface area contributed by atoms with Gasteiger partial charge in [0.1, 0.15) is 0 Å². The van der Waals surface area contributed by atoms with E-state index in [-0.39, 0.29) is 0 Å². The monoisotopic (exact) mass is 673 g/mol. The number of rotatable bonds is 6. The molecule has 1 nitrogen and oxygen atoms in total. The van der Waals surface area contributed by atoms with Crippen LogP contribution in [0.5, 0.6) is 0 Å². The van der Waals surface area contributed by atoms with E-state index in [1.54, 1.807) is 0 Å². The summed E-state index contributed by atoms with van der Waals surface area (Å²) in [4.78, 5) is 2.36. The molecule has 0 amide bonds. The Labute approximate surface area is 309 Å². The van der Waals surface area contributed by atoms with Crippen LogP contribution in [0.25, 0.3) is 76.5 Å². The van der Waals surface area contributed by atoms with Gasteiger partial charge in [-0.1, -0.05) is 158 Å². The van der Waals surface area contributed by atoms with Crippen LogP contribution >= 0.6 is 0 Å². The lowest BCUT2D eigenvalue weighted by Crippen LogP contribution is -2.09. The lowest BCUT2D eigenvalue weighted by Gasteiger charge is -2.26. The zero-order valence-electron chi connectivity index (χ0n) is 29.2. The van der Waals surface area contributed by atoms with Crippen molar-refractivity contribution < 1.29 is 0 Å². The average Bonchev–Trinajstić information content (AvgIpc) is 3.24. The molecule has 0 bridgehead atoms. The van der Waals surface area contributed by atoms with Crippen LogP contribution in [0.1, 0.15) is 0 Å². The molecule has 1 heteroatoms. The van der Waals surface area contributed by atoms with Crippen LogP contribution in [-0.4, -0.2) is 0 Å². The summed E-state index contributed by atoms with van der Waals surface area (Å²) in [6, 6.07) is 77.2. The molecular weight excluding hydrogens is 639 g/mol. The molecule has 0 radical (unpaired) electrons. The summed E-state index contributed by atoms with van der Waals surface area (Å²) in [6.07, 6.45) is 0. The molecule has 0 saturated heterocycles. The molecule has 10 aromatic rings. The molecule has 10 aromatic carbocycles. The molecule has 0 atom stereocenters. The third kappa shape index (κ3) is 5.60. The van der Waals surface area contributed by atoms with Crippen LogP contribution in [0, 0.1) is 0 Å². The van der Waals surface area contributed by atoms with Crippen molar-refractivity contribution in [1.29, 1.82) is 0 Å². The minimum absolute atomic E-state index is 1.11. The van der Waals surface area contributed by atoms with Gasteiger partial charge in [0.05, 0.1) is 0 Å². The molecule has 0 heterocycles. The van der Waals surface area contributed by atoms with Gasteiger partial charge in [0.15, 0.2) is 0 Å². The summed E-state index contributed by atoms with van der Waals surface area (Å²) in [6.45, 7) is 0. The Morgan fingerprint density at radius 1 is 0.245 bits per heavy atom. The second kappa shape index (κ2) is 13.0. The molecule has 0 saturated carbocycles. The maximum absolute atomic E-state index is 2.37. The van der Waals surface area contributed by atoms with Crippen molar-refractivity contribution in [1.82, 2.24) is 0 Å². The zero-order valence-corrected chi connectivity index (χ0v) is 29.2. The van der Waals surface area contributed by atoms with E-state index in [4.69, 9.17) is 0 Å². The lowest BCUT2D eigenvalue weighted by atomic mass is 9.89. The summed E-state index contributed by atoms with van der Waals surface area (Å²) >= 11 is 0. The summed E-state index contributed by atoms with van der Waals surface area (Å²) in [5.74, 6) is 0. The van der Waals surface area contributed by atoms with Crippen molar-refractivity contribution >= 4 is 60.2 Å². The molecule has 0 fully saturated rings. The van der Waals surface area contributed by atoms with E-state index >= 15 is 0 Å². The molecule has 10 rings (SSSR count). The fraction of sp³-hybridized carbons (Fsp3) is 0. The van der Waals surface area contributed by atoms with Crippen LogP contribution in [-0.2, 0) is 0 Å². The standard InChI is InChI=1S/C52H35N/c1-3-12-36(13-4-1)40-16-11-17-41(32-40)37-24-28-46(29-25-37)53(45-18-5-2-6-19-45)47-30-26-38-22-23-43(33-44(38)34-47)51-35-42-15-8-10-21-49(42)52-48-20-9-7-14-39(48)27-31-50(51)52/h1-35H. The number of hydrogen-bond donors (Lipinski definition) is 0. The van der Waals surface area contributed by atoms with Gasteiger partial charge in [-0.25, -0.2) is 0 Å². The molecular formula is C52H35N. The van der Waals surface area contributed by atoms with Gasteiger partial charge in [0, 0.05) is 17.1 Å². The summed E-state index contributed by atoms with van der Waals surface area (Å²) in [5.41, 5.74) is 10.7. The number of anilines is 3. The molecule has 0 aliphatic carbocycles. The maximum atomic E-state index is 2.37. The largest absolute Gasteiger partial charge is 0.310 e. The average molecular weight is 674 g/mol. The Morgan fingerprint density at radius 2 is 0.792 bits per heavy atom. The van der Waals surface area contributed by atoms with Crippen molar-refractivity contribution in [2.45, 2.75) is 0 Å². The Bertz CT molecular complexity index is 2910. The molecule has 0 aliphatic rings. The van der Waals surface area contributed by atoms with Crippen LogP contribution in [0.15, 0.2) is 212 Å². The molecule has 0 spiro atoms. The van der Waals surface area contributed by atoms with E-state index in [9.17, 15) is 0 Å². The second-order valence-corrected chi connectivity index (χ2v) is 13.8. The van der Waals surface area contributed by atoms with Gasteiger partial charge >= 0.3 is 0 Å². The van der Waals surface area contributed by atoms with Gasteiger partial charge < -0.3 is 4.90 Å². The quantitative estimate of drug-likeness (QED) is 0.159. The van der Waals surface area contributed by atoms with E-state index in [0.29, 0.717) is 0 Å². The predicted molar refractivity (Wildman–Crippen MR) is 227 cm³/mol. The topological polar surface area (TPSA) is 3.24 Å². The minimum Gasteiger partial charge on any atom is -0.310 e. The van der Waals surface area contributed by atoms with Crippen molar-refractivity contribution in [3.05, 3.63) is 212 Å². The minimum atomic E-state index is 1.11. The maximum Gasteiger partial charge on any atom is 0.0468 e. The van der Waals surface area contributed by atoms with Crippen molar-refractivity contribution in [2.24, 2.45) is 0 Å². The van der Waals surface area contributed by atoms with Gasteiger partial charge in [-0.2, -0.15) is 0 Å². The SMILES string of the molecule is c1ccc(-c2cccc(-c3ccc(N(c4ccccc4)c4ccc5ccc(-c6cc7ccccc7c7c6ccc6ccccc67)cc5c4)cc3)c2)cc1. The van der Waals surface area contributed by atoms with Gasteiger partial charge in [-0.3, -0.25) is 0 Å². The third-order valence-electron chi connectivity index (χ3n) is 10.6. The number of nitrogens with zero attached hydrogens (tertiary/aromatic N) is 1. The fourth-order valence-electron chi connectivity index (χ4n) is 7.99. The van der Waals surface area contributed by atoms with E-state index in [1.807, 2.05) is 0 Å². The van der Waals surface area contributed by atoms with Gasteiger partial charge in [0.2, 0.25) is 0 Å². The fourth-order valence-corrected chi connectivity index (χ4v) is 7.99. The van der Waals surface area contributed by atoms with E-state index in [2.05, 4.69) is 217 Å². The number of hydrogen-bond acceptors (Lipinski definition) is 1. The summed E-state index contributed by atoms with van der Waals surface area (Å²) < 4.78 is 0. The Morgan fingerprint density at radius 3 is 1.57 bits per heavy atom. The van der Waals surface area contributed by atoms with Gasteiger partial charge in [-0.05, 0) is 131 Å². The van der Waals surface area contributed by atoms with E-state index in [1.165, 1.54) is 76.5 Å².